The number of nitrogens with zero attached hydrogens (tertiary/aromatic N) is 3. The minimum Gasteiger partial charge on any atom is -0.339 e. The molecule has 1 amide bonds. The van der Waals surface area contributed by atoms with Gasteiger partial charge in [-0.15, -0.1) is 11.3 Å². The Balaban J connectivity index is 1.37. The van der Waals surface area contributed by atoms with Crippen molar-refractivity contribution >= 4 is 33.1 Å². The van der Waals surface area contributed by atoms with Crippen LogP contribution in [0.15, 0.2) is 52.4 Å². The number of nitrogens with one attached hydrogen (secondary N) is 1. The molecule has 0 spiro atoms. The number of aromatic nitrogens is 3. The number of hydrogen-bond donors (Lipinski definition) is 1. The lowest BCUT2D eigenvalue weighted by Gasteiger charge is -2.01. The molecule has 1 N–H and O–H groups in total. The standard InChI is InChI=1S/C21H20N4O2S/c1-2-5-18-23-20(27-25-18)11-10-19(26)24-21-22-17(13-28-21)16-9-8-14-6-3-4-7-15(14)12-16/h3-4,6-9,12-13H,2,5,10-11H2,1H3,(H,22,24,26). The monoisotopic (exact) mass is 392 g/mol. The van der Waals surface area contributed by atoms with Crippen molar-refractivity contribution in [2.24, 2.45) is 0 Å². The van der Waals surface area contributed by atoms with Crippen molar-refractivity contribution in [3.8, 4) is 11.3 Å². The molecule has 0 unspecified atom stereocenters. The Morgan fingerprint density at radius 3 is 2.82 bits per heavy atom. The van der Waals surface area contributed by atoms with Crippen LogP contribution in [0.1, 0.15) is 31.5 Å². The summed E-state index contributed by atoms with van der Waals surface area (Å²) >= 11 is 1.42. The van der Waals surface area contributed by atoms with E-state index in [1.165, 1.54) is 22.1 Å². The third-order valence-electron chi connectivity index (χ3n) is 4.35. The van der Waals surface area contributed by atoms with Crippen LogP contribution >= 0.6 is 11.3 Å². The largest absolute Gasteiger partial charge is 0.339 e. The lowest BCUT2D eigenvalue weighted by atomic mass is 10.1. The van der Waals surface area contributed by atoms with Crippen LogP contribution in [-0.4, -0.2) is 21.0 Å². The number of aryl methyl sites for hydroxylation is 2. The number of anilines is 1. The fraction of sp³-hybridized carbons (Fsp3) is 0.238. The van der Waals surface area contributed by atoms with Gasteiger partial charge in [0.25, 0.3) is 0 Å². The highest BCUT2D eigenvalue weighted by Gasteiger charge is 2.11. The Morgan fingerprint density at radius 1 is 1.11 bits per heavy atom. The maximum absolute atomic E-state index is 12.2. The quantitative estimate of drug-likeness (QED) is 0.485. The molecule has 4 rings (SSSR count). The molecule has 0 aliphatic heterocycles. The van der Waals surface area contributed by atoms with Gasteiger partial charge in [0.05, 0.1) is 5.69 Å². The molecule has 0 atom stereocenters. The van der Waals surface area contributed by atoms with Gasteiger partial charge >= 0.3 is 0 Å². The molecule has 28 heavy (non-hydrogen) atoms. The zero-order valence-corrected chi connectivity index (χ0v) is 16.3. The van der Waals surface area contributed by atoms with Gasteiger partial charge in [0, 0.05) is 30.2 Å². The van der Waals surface area contributed by atoms with Crippen LogP contribution < -0.4 is 5.32 Å². The third kappa shape index (κ3) is 4.26. The number of carbonyl (C=O) groups excluding carboxylic acids is 1. The van der Waals surface area contributed by atoms with Crippen LogP contribution in [0.5, 0.6) is 0 Å². The van der Waals surface area contributed by atoms with E-state index >= 15 is 0 Å². The third-order valence-corrected chi connectivity index (χ3v) is 5.10. The van der Waals surface area contributed by atoms with E-state index in [2.05, 4.69) is 51.6 Å². The van der Waals surface area contributed by atoms with Gasteiger partial charge in [0.15, 0.2) is 11.0 Å². The number of fused-ring (bicyclic) bond motifs is 1. The summed E-state index contributed by atoms with van der Waals surface area (Å²) in [5, 5.41) is 11.6. The molecule has 6 nitrogen and oxygen atoms in total. The molecule has 2 aromatic carbocycles. The molecule has 4 aromatic rings. The highest BCUT2D eigenvalue weighted by atomic mass is 32.1. The Labute approximate surface area is 166 Å². The number of carbonyl (C=O) groups is 1. The summed E-state index contributed by atoms with van der Waals surface area (Å²) in [7, 11) is 0. The number of hydrogen-bond acceptors (Lipinski definition) is 6. The first-order chi connectivity index (χ1) is 13.7. The SMILES string of the molecule is CCCc1noc(CCC(=O)Nc2nc(-c3ccc4ccccc4c3)cs2)n1. The first-order valence-electron chi connectivity index (χ1n) is 9.27. The molecular weight excluding hydrogens is 372 g/mol. The molecule has 0 aliphatic carbocycles. The van der Waals surface area contributed by atoms with Crippen LogP contribution in [0.4, 0.5) is 5.13 Å². The molecular formula is C21H20N4O2S. The van der Waals surface area contributed by atoms with Gasteiger partial charge in [0.2, 0.25) is 11.8 Å². The van der Waals surface area contributed by atoms with Gasteiger partial charge in [-0.05, 0) is 23.3 Å². The van der Waals surface area contributed by atoms with Gasteiger partial charge in [-0.3, -0.25) is 4.79 Å². The minimum absolute atomic E-state index is 0.116. The summed E-state index contributed by atoms with van der Waals surface area (Å²) in [5.41, 5.74) is 1.89. The van der Waals surface area contributed by atoms with E-state index in [0.717, 1.165) is 24.1 Å². The lowest BCUT2D eigenvalue weighted by Crippen LogP contribution is -2.12. The van der Waals surface area contributed by atoms with Crippen molar-refractivity contribution in [3.63, 3.8) is 0 Å². The first kappa shape index (κ1) is 18.3. The summed E-state index contributed by atoms with van der Waals surface area (Å²) in [6, 6.07) is 14.5. The first-order valence-corrected chi connectivity index (χ1v) is 10.2. The summed E-state index contributed by atoms with van der Waals surface area (Å²) < 4.78 is 5.16. The van der Waals surface area contributed by atoms with Crippen LogP contribution in [0.3, 0.4) is 0 Å². The van der Waals surface area contributed by atoms with Gasteiger partial charge in [-0.2, -0.15) is 4.98 Å². The highest BCUT2D eigenvalue weighted by molar-refractivity contribution is 7.14. The average molecular weight is 392 g/mol. The Kier molecular flexibility index (Phi) is 5.43. The number of benzene rings is 2. The van der Waals surface area contributed by atoms with E-state index in [1.807, 2.05) is 23.6 Å². The average Bonchev–Trinajstić information content (AvgIpc) is 3.36. The molecule has 0 bridgehead atoms. The normalized spacial score (nSPS) is 11.0. The van der Waals surface area contributed by atoms with Crippen molar-refractivity contribution in [1.29, 1.82) is 0 Å². The topological polar surface area (TPSA) is 80.9 Å². The molecule has 0 radical (unpaired) electrons. The van der Waals surface area contributed by atoms with E-state index in [-0.39, 0.29) is 12.3 Å². The molecule has 7 heteroatoms. The summed E-state index contributed by atoms with van der Waals surface area (Å²) in [6.45, 7) is 2.06. The second-order valence-corrected chi connectivity index (χ2v) is 7.36. The Hall–Kier alpha value is -3.06. The maximum atomic E-state index is 12.2. The van der Waals surface area contributed by atoms with Crippen molar-refractivity contribution in [1.82, 2.24) is 15.1 Å². The Morgan fingerprint density at radius 2 is 1.96 bits per heavy atom. The fourth-order valence-electron chi connectivity index (χ4n) is 2.93. The van der Waals surface area contributed by atoms with E-state index < -0.39 is 0 Å². The number of thiazole rings is 1. The molecule has 2 aromatic heterocycles. The van der Waals surface area contributed by atoms with E-state index in [9.17, 15) is 4.79 Å². The van der Waals surface area contributed by atoms with Gasteiger partial charge in [-0.25, -0.2) is 4.98 Å². The van der Waals surface area contributed by atoms with Crippen molar-refractivity contribution in [2.75, 3.05) is 5.32 Å². The zero-order chi connectivity index (χ0) is 19.3. The molecule has 142 valence electrons. The zero-order valence-electron chi connectivity index (χ0n) is 15.5. The number of amides is 1. The second-order valence-electron chi connectivity index (χ2n) is 6.50. The molecule has 0 saturated carbocycles. The summed E-state index contributed by atoms with van der Waals surface area (Å²) in [6.07, 6.45) is 2.44. The van der Waals surface area contributed by atoms with E-state index in [1.54, 1.807) is 0 Å². The van der Waals surface area contributed by atoms with Crippen LogP contribution in [0.25, 0.3) is 22.0 Å². The smallest absolute Gasteiger partial charge is 0.227 e. The van der Waals surface area contributed by atoms with Crippen LogP contribution in [0, 0.1) is 0 Å². The molecule has 0 aliphatic rings. The second kappa shape index (κ2) is 8.31. The Bertz CT molecular complexity index is 1100. The lowest BCUT2D eigenvalue weighted by molar-refractivity contribution is -0.116. The highest BCUT2D eigenvalue weighted by Crippen LogP contribution is 2.27. The van der Waals surface area contributed by atoms with Crippen molar-refractivity contribution < 1.29 is 9.32 Å². The van der Waals surface area contributed by atoms with Crippen molar-refractivity contribution in [2.45, 2.75) is 32.6 Å². The van der Waals surface area contributed by atoms with Gasteiger partial charge < -0.3 is 9.84 Å². The van der Waals surface area contributed by atoms with Gasteiger partial charge in [-0.1, -0.05) is 48.5 Å². The molecule has 0 fully saturated rings. The van der Waals surface area contributed by atoms with E-state index in [0.29, 0.717) is 23.3 Å². The fourth-order valence-corrected chi connectivity index (χ4v) is 3.67. The minimum atomic E-state index is -0.116. The maximum Gasteiger partial charge on any atom is 0.227 e. The number of rotatable bonds is 7. The van der Waals surface area contributed by atoms with Gasteiger partial charge in [0.1, 0.15) is 0 Å². The molecule has 0 saturated heterocycles. The predicted molar refractivity (Wildman–Crippen MR) is 110 cm³/mol. The van der Waals surface area contributed by atoms with Crippen LogP contribution in [0.2, 0.25) is 0 Å². The van der Waals surface area contributed by atoms with Crippen LogP contribution in [-0.2, 0) is 17.6 Å². The predicted octanol–water partition coefficient (Wildman–Crippen LogP) is 4.87. The summed E-state index contributed by atoms with van der Waals surface area (Å²) in [5.74, 6) is 1.07. The van der Waals surface area contributed by atoms with Crippen molar-refractivity contribution in [3.05, 3.63) is 59.6 Å². The van der Waals surface area contributed by atoms with E-state index in [4.69, 9.17) is 4.52 Å². The summed E-state index contributed by atoms with van der Waals surface area (Å²) in [4.78, 5) is 21.0. The molecule has 2 heterocycles.